The highest BCUT2D eigenvalue weighted by Gasteiger charge is 2.41. The summed E-state index contributed by atoms with van der Waals surface area (Å²) in [6.45, 7) is 7.05. The minimum atomic E-state index is -0.416. The second-order valence-corrected chi connectivity index (χ2v) is 6.34. The van der Waals surface area contributed by atoms with Crippen LogP contribution >= 0.6 is 0 Å². The summed E-state index contributed by atoms with van der Waals surface area (Å²) in [5.74, 6) is 0.758. The molecule has 2 heterocycles. The molecule has 2 aliphatic rings. The number of nitriles is 1. The van der Waals surface area contributed by atoms with Crippen LogP contribution in [0.15, 0.2) is 24.3 Å². The number of hydrogen-bond donors (Lipinski definition) is 0. The van der Waals surface area contributed by atoms with Gasteiger partial charge in [0.1, 0.15) is 12.4 Å². The normalized spacial score (nSPS) is 24.3. The summed E-state index contributed by atoms with van der Waals surface area (Å²) in [6, 6.07) is 9.43. The summed E-state index contributed by atoms with van der Waals surface area (Å²) < 4.78 is 17.4. The molecule has 0 amide bonds. The monoisotopic (exact) mass is 316 g/mol. The molecule has 3 rings (SSSR count). The van der Waals surface area contributed by atoms with Crippen molar-refractivity contribution in [1.82, 2.24) is 4.90 Å². The van der Waals surface area contributed by atoms with Crippen molar-refractivity contribution in [2.24, 2.45) is 5.92 Å². The predicted molar refractivity (Wildman–Crippen MR) is 86.1 cm³/mol. The molecule has 23 heavy (non-hydrogen) atoms. The fourth-order valence-electron chi connectivity index (χ4n) is 3.40. The van der Waals surface area contributed by atoms with Crippen LogP contribution in [0.4, 0.5) is 0 Å². The third-order valence-corrected chi connectivity index (χ3v) is 4.75. The van der Waals surface area contributed by atoms with Gasteiger partial charge in [0.05, 0.1) is 24.8 Å². The Balaban J connectivity index is 1.47. The molecule has 5 heteroatoms. The number of benzene rings is 1. The average Bonchev–Trinajstić information content (AvgIpc) is 3.03. The van der Waals surface area contributed by atoms with Gasteiger partial charge in [-0.25, -0.2) is 0 Å². The molecule has 124 valence electrons. The highest BCUT2D eigenvalue weighted by Crippen LogP contribution is 2.33. The molecule has 0 radical (unpaired) electrons. The molecule has 0 N–H and O–H groups in total. The molecule has 0 aliphatic carbocycles. The van der Waals surface area contributed by atoms with Crippen LogP contribution in [-0.2, 0) is 9.47 Å². The zero-order valence-electron chi connectivity index (χ0n) is 13.7. The Hall–Kier alpha value is -1.61. The molecule has 0 bridgehead atoms. The smallest absolute Gasteiger partial charge is 0.169 e. The number of ether oxygens (including phenoxy) is 3. The first kappa shape index (κ1) is 16.3. The van der Waals surface area contributed by atoms with E-state index in [1.807, 2.05) is 12.1 Å². The quantitative estimate of drug-likeness (QED) is 0.835. The maximum Gasteiger partial charge on any atom is 0.169 e. The molecule has 1 atom stereocenters. The minimum absolute atomic E-state index is 0.416. The second kappa shape index (κ2) is 7.31. The first-order valence-corrected chi connectivity index (χ1v) is 8.33. The van der Waals surface area contributed by atoms with Gasteiger partial charge >= 0.3 is 0 Å². The maximum absolute atomic E-state index is 8.91. The van der Waals surface area contributed by atoms with Crippen LogP contribution < -0.4 is 4.74 Å². The molecule has 2 fully saturated rings. The average molecular weight is 316 g/mol. The Kier molecular flexibility index (Phi) is 5.16. The van der Waals surface area contributed by atoms with Gasteiger partial charge in [-0.2, -0.15) is 5.26 Å². The van der Waals surface area contributed by atoms with Crippen molar-refractivity contribution in [2.75, 3.05) is 39.5 Å². The van der Waals surface area contributed by atoms with Crippen LogP contribution in [0.1, 0.15) is 25.3 Å². The van der Waals surface area contributed by atoms with Crippen LogP contribution in [-0.4, -0.2) is 50.1 Å². The largest absolute Gasteiger partial charge is 0.492 e. The van der Waals surface area contributed by atoms with Crippen LogP contribution in [0.3, 0.4) is 0 Å². The summed E-state index contributed by atoms with van der Waals surface area (Å²) in [5.41, 5.74) is 0.629. The van der Waals surface area contributed by atoms with Gasteiger partial charge in [0, 0.05) is 19.0 Å². The number of piperidine rings is 1. The third-order valence-electron chi connectivity index (χ3n) is 4.75. The summed E-state index contributed by atoms with van der Waals surface area (Å²) >= 11 is 0. The van der Waals surface area contributed by atoms with Crippen LogP contribution in [0.5, 0.6) is 5.75 Å². The number of rotatable bonds is 5. The predicted octanol–water partition coefficient (Wildman–Crippen LogP) is 2.41. The van der Waals surface area contributed by atoms with Gasteiger partial charge in [-0.1, -0.05) is 6.07 Å². The van der Waals surface area contributed by atoms with Gasteiger partial charge in [-0.05, 0) is 44.5 Å². The molecule has 2 saturated heterocycles. The summed E-state index contributed by atoms with van der Waals surface area (Å²) in [7, 11) is 0. The fourth-order valence-corrected chi connectivity index (χ4v) is 3.40. The lowest BCUT2D eigenvalue weighted by molar-refractivity contribution is -0.192. The summed E-state index contributed by atoms with van der Waals surface area (Å²) in [6.07, 6.45) is 2.31. The van der Waals surface area contributed by atoms with E-state index in [2.05, 4.69) is 17.9 Å². The topological polar surface area (TPSA) is 54.7 Å². The number of hydrogen-bond acceptors (Lipinski definition) is 5. The Morgan fingerprint density at radius 1 is 1.39 bits per heavy atom. The van der Waals surface area contributed by atoms with Crippen LogP contribution in [0.25, 0.3) is 0 Å². The molecular weight excluding hydrogens is 292 g/mol. The fraction of sp³-hybridized carbons (Fsp3) is 0.611. The Labute approximate surface area is 137 Å². The molecule has 5 nitrogen and oxygen atoms in total. The first-order valence-electron chi connectivity index (χ1n) is 8.33. The van der Waals surface area contributed by atoms with E-state index in [0.717, 1.165) is 38.2 Å². The lowest BCUT2D eigenvalue weighted by atomic mass is 9.90. The molecule has 0 saturated carbocycles. The third kappa shape index (κ3) is 4.03. The molecule has 1 aromatic rings. The van der Waals surface area contributed by atoms with E-state index in [0.29, 0.717) is 31.3 Å². The molecule has 0 aromatic heterocycles. The minimum Gasteiger partial charge on any atom is -0.492 e. The number of nitrogens with zero attached hydrogens (tertiary/aromatic N) is 2. The van der Waals surface area contributed by atoms with Crippen molar-refractivity contribution in [2.45, 2.75) is 25.6 Å². The SMILES string of the molecule is CC1(C2CCCN(CCOc3cccc(C#N)c3)C2)OCCO1. The number of likely N-dealkylation sites (tertiary alicyclic amines) is 1. The van der Waals surface area contributed by atoms with Crippen molar-refractivity contribution >= 4 is 0 Å². The molecule has 2 aliphatic heterocycles. The Morgan fingerprint density at radius 2 is 2.22 bits per heavy atom. The maximum atomic E-state index is 8.91. The van der Waals surface area contributed by atoms with Crippen LogP contribution in [0, 0.1) is 17.2 Å². The van der Waals surface area contributed by atoms with Crippen molar-refractivity contribution in [3.8, 4) is 11.8 Å². The van der Waals surface area contributed by atoms with Crippen molar-refractivity contribution in [1.29, 1.82) is 5.26 Å². The van der Waals surface area contributed by atoms with E-state index in [4.69, 9.17) is 19.5 Å². The highest BCUT2D eigenvalue weighted by molar-refractivity contribution is 5.36. The van der Waals surface area contributed by atoms with Crippen molar-refractivity contribution in [3.05, 3.63) is 29.8 Å². The highest BCUT2D eigenvalue weighted by atomic mass is 16.7. The zero-order valence-corrected chi connectivity index (χ0v) is 13.7. The zero-order chi connectivity index (χ0) is 16.1. The summed E-state index contributed by atoms with van der Waals surface area (Å²) in [5, 5.41) is 8.91. The van der Waals surface area contributed by atoms with E-state index in [-0.39, 0.29) is 0 Å². The van der Waals surface area contributed by atoms with E-state index >= 15 is 0 Å². The van der Waals surface area contributed by atoms with Gasteiger partial charge in [-0.3, -0.25) is 4.90 Å². The molecule has 0 spiro atoms. The Morgan fingerprint density at radius 3 is 3.00 bits per heavy atom. The standard InChI is InChI=1S/C18H24N2O3/c1-18(22-10-11-23-18)16-5-3-7-20(14-16)8-9-21-17-6-2-4-15(12-17)13-19/h2,4,6,12,16H,3,5,7-11,14H2,1H3. The second-order valence-electron chi connectivity index (χ2n) is 6.34. The molecule has 1 aromatic carbocycles. The van der Waals surface area contributed by atoms with Gasteiger partial charge in [0.15, 0.2) is 5.79 Å². The van der Waals surface area contributed by atoms with Gasteiger partial charge in [0.25, 0.3) is 0 Å². The van der Waals surface area contributed by atoms with Crippen molar-refractivity contribution < 1.29 is 14.2 Å². The van der Waals surface area contributed by atoms with Gasteiger partial charge in [0.2, 0.25) is 0 Å². The Bertz CT molecular complexity index is 564. The van der Waals surface area contributed by atoms with E-state index in [1.165, 1.54) is 0 Å². The van der Waals surface area contributed by atoms with Crippen molar-refractivity contribution in [3.63, 3.8) is 0 Å². The lowest BCUT2D eigenvalue weighted by Gasteiger charge is -2.39. The van der Waals surface area contributed by atoms with Gasteiger partial charge in [-0.15, -0.1) is 0 Å². The van der Waals surface area contributed by atoms with E-state index < -0.39 is 5.79 Å². The lowest BCUT2D eigenvalue weighted by Crippen LogP contribution is -2.47. The van der Waals surface area contributed by atoms with E-state index in [9.17, 15) is 0 Å². The van der Waals surface area contributed by atoms with Crippen LogP contribution in [0.2, 0.25) is 0 Å². The van der Waals surface area contributed by atoms with Gasteiger partial charge < -0.3 is 14.2 Å². The molecule has 1 unspecified atom stereocenters. The van der Waals surface area contributed by atoms with E-state index in [1.54, 1.807) is 12.1 Å². The molecular formula is C18H24N2O3. The summed E-state index contributed by atoms with van der Waals surface area (Å²) in [4.78, 5) is 2.42. The first-order chi connectivity index (χ1) is 11.2.